The lowest BCUT2D eigenvalue weighted by atomic mass is 9.98. The van der Waals surface area contributed by atoms with Crippen LogP contribution in [0.3, 0.4) is 0 Å². The van der Waals surface area contributed by atoms with Crippen LogP contribution in [0.25, 0.3) is 0 Å². The quantitative estimate of drug-likeness (QED) is 0.706. The van der Waals surface area contributed by atoms with Crippen LogP contribution < -0.4 is 10.1 Å². The van der Waals surface area contributed by atoms with Gasteiger partial charge in [0.25, 0.3) is 0 Å². The summed E-state index contributed by atoms with van der Waals surface area (Å²) in [7, 11) is -2.73. The lowest BCUT2D eigenvalue weighted by Gasteiger charge is -2.31. The van der Waals surface area contributed by atoms with Crippen molar-refractivity contribution in [1.29, 1.82) is 0 Å². The number of amides is 1. The molecule has 0 spiro atoms. The zero-order chi connectivity index (χ0) is 21.9. The number of ketones is 1. The van der Waals surface area contributed by atoms with Gasteiger partial charge < -0.3 is 10.1 Å². The molecule has 1 aliphatic rings. The summed E-state index contributed by atoms with van der Waals surface area (Å²) in [5.41, 5.74) is 0.943. The molecule has 1 N–H and O–H groups in total. The fourth-order valence-electron chi connectivity index (χ4n) is 3.43. The molecule has 1 saturated heterocycles. The van der Waals surface area contributed by atoms with Crippen LogP contribution in [0.5, 0.6) is 5.75 Å². The zero-order valence-electron chi connectivity index (χ0n) is 16.7. The van der Waals surface area contributed by atoms with Crippen molar-refractivity contribution in [2.45, 2.75) is 24.7 Å². The molecule has 3 rings (SSSR count). The minimum atomic E-state index is -4.04. The van der Waals surface area contributed by atoms with Crippen molar-refractivity contribution in [1.82, 2.24) is 4.31 Å². The van der Waals surface area contributed by atoms with Gasteiger partial charge in [0.05, 0.1) is 13.0 Å². The maximum absolute atomic E-state index is 13.7. The Morgan fingerprint density at radius 3 is 2.67 bits per heavy atom. The van der Waals surface area contributed by atoms with Crippen LogP contribution in [-0.4, -0.2) is 44.6 Å². The molecule has 0 aromatic heterocycles. The Morgan fingerprint density at radius 1 is 1.20 bits per heavy atom. The summed E-state index contributed by atoms with van der Waals surface area (Å²) in [5, 5.41) is 2.75. The van der Waals surface area contributed by atoms with Crippen molar-refractivity contribution in [2.24, 2.45) is 5.92 Å². The van der Waals surface area contributed by atoms with Crippen molar-refractivity contribution >= 4 is 27.4 Å². The number of Topliss-reactive ketones (excluding diaryl/α,β-unsaturated/α-hetero) is 1. The monoisotopic (exact) mass is 434 g/mol. The van der Waals surface area contributed by atoms with Gasteiger partial charge in [-0.15, -0.1) is 0 Å². The summed E-state index contributed by atoms with van der Waals surface area (Å²) in [6, 6.07) is 9.87. The van der Waals surface area contributed by atoms with Gasteiger partial charge in [0.15, 0.2) is 5.78 Å². The summed E-state index contributed by atoms with van der Waals surface area (Å²) in [6.45, 7) is 1.64. The third-order valence-corrected chi connectivity index (χ3v) is 6.92. The standard InChI is InChI=1S/C21H23FN2O5S/c1-14(25)15-5-3-7-18(11-15)23-21(26)16-6-4-10-24(13-16)30(27,28)20-12-17(22)8-9-19(20)29-2/h3,5,7-9,11-12,16H,4,6,10,13H2,1-2H3,(H,23,26)/t16-/m0/s1. The van der Waals surface area contributed by atoms with E-state index in [1.54, 1.807) is 24.3 Å². The minimum Gasteiger partial charge on any atom is -0.495 e. The zero-order valence-corrected chi connectivity index (χ0v) is 17.5. The topological polar surface area (TPSA) is 92.8 Å². The predicted molar refractivity (Wildman–Crippen MR) is 110 cm³/mol. The SMILES string of the molecule is COc1ccc(F)cc1S(=O)(=O)N1CCC[C@H](C(=O)Nc2cccc(C(C)=O)c2)C1. The van der Waals surface area contributed by atoms with Gasteiger partial charge in [0.2, 0.25) is 15.9 Å². The van der Waals surface area contributed by atoms with Gasteiger partial charge in [0, 0.05) is 24.3 Å². The van der Waals surface area contributed by atoms with Crippen molar-refractivity contribution in [3.63, 3.8) is 0 Å². The molecule has 7 nitrogen and oxygen atoms in total. The molecule has 0 radical (unpaired) electrons. The van der Waals surface area contributed by atoms with Gasteiger partial charge in [-0.25, -0.2) is 12.8 Å². The van der Waals surface area contributed by atoms with Crippen LogP contribution in [0.15, 0.2) is 47.4 Å². The number of benzene rings is 2. The summed E-state index contributed by atoms with van der Waals surface area (Å²) in [4.78, 5) is 24.0. The first-order chi connectivity index (χ1) is 14.2. The molecule has 0 saturated carbocycles. The Hall–Kier alpha value is -2.78. The van der Waals surface area contributed by atoms with Gasteiger partial charge in [-0.1, -0.05) is 12.1 Å². The second kappa shape index (κ2) is 8.93. The number of hydrogen-bond acceptors (Lipinski definition) is 5. The number of carbonyl (C=O) groups excluding carboxylic acids is 2. The van der Waals surface area contributed by atoms with Crippen molar-refractivity contribution in [3.05, 3.63) is 53.8 Å². The Labute approximate surface area is 174 Å². The van der Waals surface area contributed by atoms with E-state index >= 15 is 0 Å². The van der Waals surface area contributed by atoms with Crippen LogP contribution >= 0.6 is 0 Å². The summed E-state index contributed by atoms with van der Waals surface area (Å²) < 4.78 is 46.1. The molecular formula is C21H23FN2O5S. The van der Waals surface area contributed by atoms with Gasteiger partial charge in [-0.3, -0.25) is 9.59 Å². The second-order valence-electron chi connectivity index (χ2n) is 7.12. The number of sulfonamides is 1. The third-order valence-electron chi connectivity index (χ3n) is 5.04. The number of nitrogens with one attached hydrogen (secondary N) is 1. The molecule has 2 aromatic rings. The van der Waals surface area contributed by atoms with E-state index in [1.807, 2.05) is 0 Å². The Kier molecular flexibility index (Phi) is 6.52. The van der Waals surface area contributed by atoms with Crippen LogP contribution in [-0.2, 0) is 14.8 Å². The van der Waals surface area contributed by atoms with Crippen molar-refractivity contribution < 1.29 is 27.1 Å². The maximum atomic E-state index is 13.7. The number of anilines is 1. The van der Waals surface area contributed by atoms with E-state index in [4.69, 9.17) is 4.74 Å². The average Bonchev–Trinajstić information content (AvgIpc) is 2.74. The Balaban J connectivity index is 1.78. The summed E-state index contributed by atoms with van der Waals surface area (Å²) >= 11 is 0. The largest absolute Gasteiger partial charge is 0.495 e. The molecule has 0 unspecified atom stereocenters. The molecule has 2 aromatic carbocycles. The number of methoxy groups -OCH3 is 1. The molecule has 9 heteroatoms. The predicted octanol–water partition coefficient (Wildman–Crippen LogP) is 3.08. The number of halogens is 1. The van der Waals surface area contributed by atoms with Crippen molar-refractivity contribution in [3.8, 4) is 5.75 Å². The van der Waals surface area contributed by atoms with Crippen molar-refractivity contribution in [2.75, 3.05) is 25.5 Å². The van der Waals surface area contributed by atoms with E-state index < -0.39 is 21.8 Å². The molecular weight excluding hydrogens is 411 g/mol. The Morgan fingerprint density at radius 2 is 1.97 bits per heavy atom. The highest BCUT2D eigenvalue weighted by molar-refractivity contribution is 7.89. The fourth-order valence-corrected chi connectivity index (χ4v) is 5.12. The minimum absolute atomic E-state index is 0.0275. The first-order valence-electron chi connectivity index (χ1n) is 9.48. The van der Waals surface area contributed by atoms with E-state index in [2.05, 4.69) is 5.32 Å². The highest BCUT2D eigenvalue weighted by Gasteiger charge is 2.35. The van der Waals surface area contributed by atoms with Crippen LogP contribution in [0, 0.1) is 11.7 Å². The molecule has 160 valence electrons. The second-order valence-corrected chi connectivity index (χ2v) is 9.03. The lowest BCUT2D eigenvalue weighted by molar-refractivity contribution is -0.120. The van der Waals surface area contributed by atoms with Gasteiger partial charge in [-0.05, 0) is 50.1 Å². The number of carbonyl (C=O) groups is 2. The average molecular weight is 434 g/mol. The molecule has 1 fully saturated rings. The van der Waals surface area contributed by atoms with Crippen LogP contribution in [0.1, 0.15) is 30.1 Å². The van der Waals surface area contributed by atoms with E-state index in [1.165, 1.54) is 24.4 Å². The maximum Gasteiger partial charge on any atom is 0.246 e. The first kappa shape index (κ1) is 21.9. The third kappa shape index (κ3) is 4.68. The molecule has 1 amide bonds. The van der Waals surface area contributed by atoms with Gasteiger partial charge in [0.1, 0.15) is 16.5 Å². The molecule has 0 aliphatic carbocycles. The molecule has 1 aliphatic heterocycles. The fraction of sp³-hybridized carbons (Fsp3) is 0.333. The number of piperidine rings is 1. The summed E-state index contributed by atoms with van der Waals surface area (Å²) in [6.07, 6.45) is 1.01. The smallest absolute Gasteiger partial charge is 0.246 e. The van der Waals surface area contributed by atoms with Crippen LogP contribution in [0.4, 0.5) is 10.1 Å². The van der Waals surface area contributed by atoms with Crippen LogP contribution in [0.2, 0.25) is 0 Å². The van der Waals surface area contributed by atoms with E-state index in [-0.39, 0.29) is 35.4 Å². The normalized spacial score (nSPS) is 17.4. The molecule has 1 atom stereocenters. The lowest BCUT2D eigenvalue weighted by Crippen LogP contribution is -2.43. The summed E-state index contributed by atoms with van der Waals surface area (Å²) in [5.74, 6) is -1.67. The highest BCUT2D eigenvalue weighted by atomic mass is 32.2. The molecule has 0 bridgehead atoms. The highest BCUT2D eigenvalue weighted by Crippen LogP contribution is 2.30. The van der Waals surface area contributed by atoms with E-state index in [9.17, 15) is 22.4 Å². The molecule has 30 heavy (non-hydrogen) atoms. The van der Waals surface area contributed by atoms with E-state index in [0.717, 1.165) is 12.1 Å². The van der Waals surface area contributed by atoms with Gasteiger partial charge in [-0.2, -0.15) is 4.31 Å². The number of rotatable bonds is 6. The van der Waals surface area contributed by atoms with Gasteiger partial charge >= 0.3 is 0 Å². The number of nitrogens with zero attached hydrogens (tertiary/aromatic N) is 1. The molecule has 1 heterocycles. The van der Waals surface area contributed by atoms with E-state index in [0.29, 0.717) is 24.1 Å². The number of hydrogen-bond donors (Lipinski definition) is 1. The Bertz CT molecular complexity index is 1070. The number of ether oxygens (including phenoxy) is 1. The first-order valence-corrected chi connectivity index (χ1v) is 10.9.